The van der Waals surface area contributed by atoms with Crippen molar-refractivity contribution < 1.29 is 14.3 Å². The summed E-state index contributed by atoms with van der Waals surface area (Å²) in [6, 6.07) is 3.49. The van der Waals surface area contributed by atoms with Gasteiger partial charge in [-0.1, -0.05) is 34.5 Å². The van der Waals surface area contributed by atoms with Gasteiger partial charge in [-0.05, 0) is 18.6 Å². The molecule has 5 heteroatoms. The number of carboxylic acids is 1. The van der Waals surface area contributed by atoms with E-state index < -0.39 is 5.97 Å². The Hall–Kier alpha value is -1.000. The number of benzene rings is 1. The third-order valence-corrected chi connectivity index (χ3v) is 3.10. The van der Waals surface area contributed by atoms with Crippen LogP contribution in [0.3, 0.4) is 0 Å². The van der Waals surface area contributed by atoms with E-state index in [-0.39, 0.29) is 5.76 Å². The number of carbonyl (C=O) groups is 1. The first-order chi connectivity index (χ1) is 7.54. The van der Waals surface area contributed by atoms with Crippen LogP contribution < -0.4 is 0 Å². The molecule has 2 aromatic rings. The van der Waals surface area contributed by atoms with Crippen molar-refractivity contribution in [1.29, 1.82) is 0 Å². The summed E-state index contributed by atoms with van der Waals surface area (Å²) in [6.45, 7) is 1.88. The molecular formula is C11H8BrClO3. The molecule has 1 aromatic heterocycles. The van der Waals surface area contributed by atoms with E-state index >= 15 is 0 Å². The summed E-state index contributed by atoms with van der Waals surface area (Å²) in [5.41, 5.74) is 1.10. The quantitative estimate of drug-likeness (QED) is 0.908. The molecule has 0 amide bonds. The Balaban J connectivity index is 2.87. The Morgan fingerprint density at radius 2 is 2.25 bits per heavy atom. The minimum Gasteiger partial charge on any atom is -0.475 e. The standard InChI is InChI=1S/C11H8BrClO3/c1-2-6-7-3-5(12)4-8(13)9(7)16-10(6)11(14)15/h3-4H,2H2,1H3,(H,14,15). The first-order valence-corrected chi connectivity index (χ1v) is 5.85. The lowest BCUT2D eigenvalue weighted by Crippen LogP contribution is -1.97. The Kier molecular flexibility index (Phi) is 2.95. The number of hydrogen-bond acceptors (Lipinski definition) is 2. The summed E-state index contributed by atoms with van der Waals surface area (Å²) < 4.78 is 6.09. The van der Waals surface area contributed by atoms with Crippen molar-refractivity contribution in [3.05, 3.63) is 33.0 Å². The van der Waals surface area contributed by atoms with Gasteiger partial charge in [0.2, 0.25) is 5.76 Å². The van der Waals surface area contributed by atoms with E-state index in [1.807, 2.05) is 13.0 Å². The van der Waals surface area contributed by atoms with Crippen molar-refractivity contribution in [2.75, 3.05) is 0 Å². The average Bonchev–Trinajstić information content (AvgIpc) is 2.56. The minimum absolute atomic E-state index is 0.0301. The second-order valence-electron chi connectivity index (χ2n) is 3.33. The van der Waals surface area contributed by atoms with Gasteiger partial charge >= 0.3 is 5.97 Å². The molecule has 16 heavy (non-hydrogen) atoms. The maximum atomic E-state index is 11.0. The highest BCUT2D eigenvalue weighted by molar-refractivity contribution is 9.10. The van der Waals surface area contributed by atoms with Gasteiger partial charge < -0.3 is 9.52 Å². The van der Waals surface area contributed by atoms with Crippen LogP contribution in [0.5, 0.6) is 0 Å². The third kappa shape index (κ3) is 1.72. The van der Waals surface area contributed by atoms with E-state index in [1.54, 1.807) is 6.07 Å². The first kappa shape index (κ1) is 11.5. The fraction of sp³-hybridized carbons (Fsp3) is 0.182. The number of hydrogen-bond donors (Lipinski definition) is 1. The molecule has 0 aliphatic rings. The highest BCUT2D eigenvalue weighted by Crippen LogP contribution is 2.34. The monoisotopic (exact) mass is 302 g/mol. The summed E-state index contributed by atoms with van der Waals surface area (Å²) in [7, 11) is 0. The molecular weight excluding hydrogens is 295 g/mol. The van der Waals surface area contributed by atoms with Gasteiger partial charge in [-0.3, -0.25) is 0 Å². The van der Waals surface area contributed by atoms with Gasteiger partial charge in [-0.25, -0.2) is 4.79 Å². The number of carboxylic acid groups (broad SMARTS) is 1. The van der Waals surface area contributed by atoms with Crippen molar-refractivity contribution in [3.8, 4) is 0 Å². The predicted molar refractivity (Wildman–Crippen MR) is 65.3 cm³/mol. The fourth-order valence-electron chi connectivity index (χ4n) is 1.70. The number of fused-ring (bicyclic) bond motifs is 1. The van der Waals surface area contributed by atoms with Crippen LogP contribution in [0.25, 0.3) is 11.0 Å². The maximum Gasteiger partial charge on any atom is 0.372 e. The molecule has 0 aliphatic heterocycles. The van der Waals surface area contributed by atoms with Crippen molar-refractivity contribution in [1.82, 2.24) is 0 Å². The average molecular weight is 304 g/mol. The number of aromatic carboxylic acids is 1. The summed E-state index contributed by atoms with van der Waals surface area (Å²) in [5.74, 6) is -1.10. The number of furan rings is 1. The smallest absolute Gasteiger partial charge is 0.372 e. The normalized spacial score (nSPS) is 10.9. The summed E-state index contributed by atoms with van der Waals surface area (Å²) >= 11 is 9.31. The SMILES string of the molecule is CCc1c(C(=O)O)oc2c(Cl)cc(Br)cc12. The van der Waals surface area contributed by atoms with Gasteiger partial charge in [-0.15, -0.1) is 0 Å². The Morgan fingerprint density at radius 3 is 2.81 bits per heavy atom. The molecule has 1 N–H and O–H groups in total. The van der Waals surface area contributed by atoms with E-state index in [1.165, 1.54) is 0 Å². The molecule has 0 saturated heterocycles. The fourth-order valence-corrected chi connectivity index (χ4v) is 2.55. The second kappa shape index (κ2) is 4.11. The zero-order valence-corrected chi connectivity index (χ0v) is 10.7. The van der Waals surface area contributed by atoms with Crippen LogP contribution in [0.15, 0.2) is 21.0 Å². The molecule has 3 nitrogen and oxygen atoms in total. The van der Waals surface area contributed by atoms with Crippen molar-refractivity contribution >= 4 is 44.5 Å². The molecule has 0 unspecified atom stereocenters. The summed E-state index contributed by atoms with van der Waals surface area (Å²) in [5, 5.41) is 10.2. The van der Waals surface area contributed by atoms with Crippen LogP contribution in [-0.4, -0.2) is 11.1 Å². The van der Waals surface area contributed by atoms with E-state index in [2.05, 4.69) is 15.9 Å². The zero-order chi connectivity index (χ0) is 11.9. The predicted octanol–water partition coefficient (Wildman–Crippen LogP) is 4.11. The van der Waals surface area contributed by atoms with Gasteiger partial charge in [0.25, 0.3) is 0 Å². The summed E-state index contributed by atoms with van der Waals surface area (Å²) in [4.78, 5) is 11.0. The molecule has 0 saturated carbocycles. The number of aryl methyl sites for hydroxylation is 1. The van der Waals surface area contributed by atoms with Gasteiger partial charge in [0.1, 0.15) is 0 Å². The molecule has 1 heterocycles. The lowest BCUT2D eigenvalue weighted by molar-refractivity contribution is 0.0663. The van der Waals surface area contributed by atoms with Gasteiger partial charge in [-0.2, -0.15) is 0 Å². The third-order valence-electron chi connectivity index (χ3n) is 2.36. The van der Waals surface area contributed by atoms with E-state index in [4.69, 9.17) is 21.1 Å². The van der Waals surface area contributed by atoms with E-state index in [0.29, 0.717) is 22.6 Å². The van der Waals surface area contributed by atoms with Crippen molar-refractivity contribution in [2.45, 2.75) is 13.3 Å². The largest absolute Gasteiger partial charge is 0.475 e. The van der Waals surface area contributed by atoms with Crippen LogP contribution in [0.1, 0.15) is 23.0 Å². The molecule has 84 valence electrons. The molecule has 0 radical (unpaired) electrons. The Morgan fingerprint density at radius 1 is 1.56 bits per heavy atom. The van der Waals surface area contributed by atoms with E-state index in [0.717, 1.165) is 9.86 Å². The molecule has 0 atom stereocenters. The zero-order valence-electron chi connectivity index (χ0n) is 8.38. The number of halogens is 2. The van der Waals surface area contributed by atoms with Crippen LogP contribution in [-0.2, 0) is 6.42 Å². The Bertz CT molecular complexity index is 574. The maximum absolute atomic E-state index is 11.0. The van der Waals surface area contributed by atoms with Crippen molar-refractivity contribution in [2.24, 2.45) is 0 Å². The van der Waals surface area contributed by atoms with Gasteiger partial charge in [0.05, 0.1) is 5.02 Å². The molecule has 1 aromatic carbocycles. The molecule has 0 fully saturated rings. The second-order valence-corrected chi connectivity index (χ2v) is 4.66. The van der Waals surface area contributed by atoms with Gasteiger partial charge in [0, 0.05) is 15.4 Å². The van der Waals surface area contributed by atoms with Crippen LogP contribution in [0.4, 0.5) is 0 Å². The topological polar surface area (TPSA) is 50.4 Å². The lowest BCUT2D eigenvalue weighted by Gasteiger charge is -1.96. The minimum atomic E-state index is -1.07. The Labute approximate surface area is 105 Å². The molecule has 2 rings (SSSR count). The highest BCUT2D eigenvalue weighted by Gasteiger charge is 2.20. The summed E-state index contributed by atoms with van der Waals surface area (Å²) in [6.07, 6.45) is 0.585. The van der Waals surface area contributed by atoms with E-state index in [9.17, 15) is 4.79 Å². The first-order valence-electron chi connectivity index (χ1n) is 4.68. The lowest BCUT2D eigenvalue weighted by atomic mass is 10.1. The number of rotatable bonds is 2. The van der Waals surface area contributed by atoms with Crippen LogP contribution >= 0.6 is 27.5 Å². The van der Waals surface area contributed by atoms with Crippen molar-refractivity contribution in [3.63, 3.8) is 0 Å². The highest BCUT2D eigenvalue weighted by atomic mass is 79.9. The van der Waals surface area contributed by atoms with Crippen LogP contribution in [0.2, 0.25) is 5.02 Å². The molecule has 0 spiro atoms. The molecule has 0 bridgehead atoms. The van der Waals surface area contributed by atoms with Gasteiger partial charge in [0.15, 0.2) is 5.58 Å². The van der Waals surface area contributed by atoms with Crippen LogP contribution in [0, 0.1) is 0 Å². The molecule has 0 aliphatic carbocycles.